The Morgan fingerprint density at radius 1 is 0.962 bits per heavy atom. The maximum atomic E-state index is 13.6. The Balaban J connectivity index is 1.65. The Morgan fingerprint density at radius 3 is 2.35 bits per heavy atom. The summed E-state index contributed by atoms with van der Waals surface area (Å²) in [4.78, 5) is 12.3. The molecule has 3 rings (SSSR count). The van der Waals surface area contributed by atoms with E-state index in [9.17, 15) is 9.18 Å². The third kappa shape index (κ3) is 4.28. The van der Waals surface area contributed by atoms with Crippen molar-refractivity contribution in [2.24, 2.45) is 0 Å². The molecule has 0 radical (unpaired) electrons. The molecular weight excluding hydrogens is 378 g/mol. The van der Waals surface area contributed by atoms with Gasteiger partial charge in [-0.25, -0.2) is 4.39 Å². The molecule has 0 unspecified atom stereocenters. The van der Waals surface area contributed by atoms with Crippen LogP contribution in [0.3, 0.4) is 0 Å². The third-order valence-electron chi connectivity index (χ3n) is 3.52. The van der Waals surface area contributed by atoms with Gasteiger partial charge in [0.15, 0.2) is 5.69 Å². The number of nitrogens with zero attached hydrogens (tertiary/aromatic N) is 2. The predicted octanol–water partition coefficient (Wildman–Crippen LogP) is 4.79. The summed E-state index contributed by atoms with van der Waals surface area (Å²) in [6, 6.07) is 14.4. The summed E-state index contributed by atoms with van der Waals surface area (Å²) < 4.78 is 13.6. The summed E-state index contributed by atoms with van der Waals surface area (Å²) in [6.07, 6.45) is 0. The standard InChI is InChI=1S/C18H13Cl2FN4O/c19-12-5-3-6-13(20)17(12)23-18(26)15-8-9-16(25-24-15)22-10-11-4-1-2-7-14(11)21/h1-9H,10H2,(H,22,25)(H,23,26). The summed E-state index contributed by atoms with van der Waals surface area (Å²) in [6.45, 7) is 0.252. The molecule has 1 amide bonds. The van der Waals surface area contributed by atoms with Crippen LogP contribution < -0.4 is 10.6 Å². The summed E-state index contributed by atoms with van der Waals surface area (Å²) in [5, 5.41) is 14.0. The van der Waals surface area contributed by atoms with Gasteiger partial charge in [0.25, 0.3) is 5.91 Å². The molecule has 3 aromatic rings. The fourth-order valence-electron chi connectivity index (χ4n) is 2.17. The summed E-state index contributed by atoms with van der Waals surface area (Å²) in [5.41, 5.74) is 0.909. The highest BCUT2D eigenvalue weighted by atomic mass is 35.5. The zero-order valence-electron chi connectivity index (χ0n) is 13.3. The highest BCUT2D eigenvalue weighted by molar-refractivity contribution is 6.39. The summed E-state index contributed by atoms with van der Waals surface area (Å²) >= 11 is 12.0. The SMILES string of the molecule is O=C(Nc1c(Cl)cccc1Cl)c1ccc(NCc2ccccc2F)nn1. The van der Waals surface area contributed by atoms with Crippen LogP contribution in [0.25, 0.3) is 0 Å². The molecule has 8 heteroatoms. The van der Waals surface area contributed by atoms with E-state index in [1.807, 2.05) is 0 Å². The van der Waals surface area contributed by atoms with Crippen molar-refractivity contribution in [3.63, 3.8) is 0 Å². The molecule has 0 fully saturated rings. The lowest BCUT2D eigenvalue weighted by Crippen LogP contribution is -2.15. The maximum Gasteiger partial charge on any atom is 0.276 e. The molecule has 2 aromatic carbocycles. The number of rotatable bonds is 5. The molecule has 1 heterocycles. The predicted molar refractivity (Wildman–Crippen MR) is 100 cm³/mol. The van der Waals surface area contributed by atoms with Crippen LogP contribution in [0.1, 0.15) is 16.1 Å². The minimum atomic E-state index is -0.492. The van der Waals surface area contributed by atoms with Gasteiger partial charge < -0.3 is 10.6 Å². The van der Waals surface area contributed by atoms with Crippen molar-refractivity contribution in [3.05, 3.63) is 81.7 Å². The van der Waals surface area contributed by atoms with Gasteiger partial charge in [0.1, 0.15) is 11.6 Å². The van der Waals surface area contributed by atoms with Gasteiger partial charge in [0.05, 0.1) is 15.7 Å². The second-order valence-electron chi connectivity index (χ2n) is 5.30. The van der Waals surface area contributed by atoms with Crippen LogP contribution in [0.2, 0.25) is 10.0 Å². The minimum Gasteiger partial charge on any atom is -0.364 e. The second kappa shape index (κ2) is 8.12. The van der Waals surface area contributed by atoms with Crippen molar-refractivity contribution in [1.82, 2.24) is 10.2 Å². The van der Waals surface area contributed by atoms with E-state index in [0.717, 1.165) is 0 Å². The van der Waals surface area contributed by atoms with E-state index in [0.29, 0.717) is 27.1 Å². The fourth-order valence-corrected chi connectivity index (χ4v) is 2.66. The Labute approximate surface area is 159 Å². The lowest BCUT2D eigenvalue weighted by atomic mass is 10.2. The quantitative estimate of drug-likeness (QED) is 0.657. The highest BCUT2D eigenvalue weighted by Gasteiger charge is 2.13. The van der Waals surface area contributed by atoms with E-state index in [-0.39, 0.29) is 18.1 Å². The van der Waals surface area contributed by atoms with Crippen molar-refractivity contribution in [1.29, 1.82) is 0 Å². The number of hydrogen-bond acceptors (Lipinski definition) is 4. The average Bonchev–Trinajstić information content (AvgIpc) is 2.64. The molecule has 0 spiro atoms. The Bertz CT molecular complexity index is 914. The number of hydrogen-bond donors (Lipinski definition) is 2. The van der Waals surface area contributed by atoms with E-state index in [1.54, 1.807) is 42.5 Å². The fraction of sp³-hybridized carbons (Fsp3) is 0.0556. The number of benzene rings is 2. The van der Waals surface area contributed by atoms with Crippen molar-refractivity contribution in [3.8, 4) is 0 Å². The Kier molecular flexibility index (Phi) is 5.65. The largest absolute Gasteiger partial charge is 0.364 e. The first kappa shape index (κ1) is 18.1. The molecule has 2 N–H and O–H groups in total. The van der Waals surface area contributed by atoms with Crippen molar-refractivity contribution < 1.29 is 9.18 Å². The van der Waals surface area contributed by atoms with Gasteiger partial charge in [-0.2, -0.15) is 0 Å². The number of carbonyl (C=O) groups excluding carboxylic acids is 1. The van der Waals surface area contributed by atoms with Crippen LogP contribution in [0, 0.1) is 5.82 Å². The van der Waals surface area contributed by atoms with E-state index in [2.05, 4.69) is 20.8 Å². The van der Waals surface area contributed by atoms with Crippen LogP contribution in [0.5, 0.6) is 0 Å². The van der Waals surface area contributed by atoms with Crippen LogP contribution in [0.4, 0.5) is 15.9 Å². The summed E-state index contributed by atoms with van der Waals surface area (Å²) in [5.74, 6) is -0.380. The van der Waals surface area contributed by atoms with E-state index in [1.165, 1.54) is 12.1 Å². The number of carbonyl (C=O) groups is 1. The summed E-state index contributed by atoms with van der Waals surface area (Å²) in [7, 11) is 0. The van der Waals surface area contributed by atoms with Crippen LogP contribution in [-0.2, 0) is 6.54 Å². The van der Waals surface area contributed by atoms with E-state index < -0.39 is 5.91 Å². The number of aromatic nitrogens is 2. The lowest BCUT2D eigenvalue weighted by Gasteiger charge is -2.09. The first-order valence-corrected chi connectivity index (χ1v) is 8.36. The molecule has 0 saturated heterocycles. The van der Waals surface area contributed by atoms with Crippen molar-refractivity contribution >= 4 is 40.6 Å². The third-order valence-corrected chi connectivity index (χ3v) is 4.15. The number of para-hydroxylation sites is 1. The normalized spacial score (nSPS) is 10.4. The second-order valence-corrected chi connectivity index (χ2v) is 6.11. The molecule has 132 valence electrons. The van der Waals surface area contributed by atoms with Crippen LogP contribution in [-0.4, -0.2) is 16.1 Å². The van der Waals surface area contributed by atoms with Gasteiger partial charge in [0, 0.05) is 12.1 Å². The smallest absolute Gasteiger partial charge is 0.276 e. The molecule has 0 aliphatic heterocycles. The Hall–Kier alpha value is -2.70. The first-order chi connectivity index (χ1) is 12.5. The van der Waals surface area contributed by atoms with Gasteiger partial charge in [0.2, 0.25) is 0 Å². The topological polar surface area (TPSA) is 66.9 Å². The Morgan fingerprint density at radius 2 is 1.69 bits per heavy atom. The van der Waals surface area contributed by atoms with Gasteiger partial charge in [-0.05, 0) is 30.3 Å². The molecule has 5 nitrogen and oxygen atoms in total. The number of anilines is 2. The number of amides is 1. The molecular formula is C18H13Cl2FN4O. The number of nitrogens with one attached hydrogen (secondary N) is 2. The maximum absolute atomic E-state index is 13.6. The van der Waals surface area contributed by atoms with Gasteiger partial charge in [-0.3, -0.25) is 4.79 Å². The van der Waals surface area contributed by atoms with E-state index in [4.69, 9.17) is 23.2 Å². The molecule has 0 bridgehead atoms. The van der Waals surface area contributed by atoms with Gasteiger partial charge in [-0.15, -0.1) is 10.2 Å². The number of halogens is 3. The molecule has 26 heavy (non-hydrogen) atoms. The van der Waals surface area contributed by atoms with E-state index >= 15 is 0 Å². The molecule has 0 aliphatic carbocycles. The molecule has 1 aromatic heterocycles. The monoisotopic (exact) mass is 390 g/mol. The molecule has 0 atom stereocenters. The lowest BCUT2D eigenvalue weighted by molar-refractivity contribution is 0.102. The van der Waals surface area contributed by atoms with Crippen LogP contribution in [0.15, 0.2) is 54.6 Å². The van der Waals surface area contributed by atoms with Crippen LogP contribution >= 0.6 is 23.2 Å². The zero-order chi connectivity index (χ0) is 18.5. The average molecular weight is 391 g/mol. The minimum absolute atomic E-state index is 0.0948. The molecule has 0 saturated carbocycles. The highest BCUT2D eigenvalue weighted by Crippen LogP contribution is 2.30. The zero-order valence-corrected chi connectivity index (χ0v) is 14.9. The van der Waals surface area contributed by atoms with Gasteiger partial charge in [-0.1, -0.05) is 47.5 Å². The van der Waals surface area contributed by atoms with Gasteiger partial charge >= 0.3 is 0 Å². The van der Waals surface area contributed by atoms with Crippen molar-refractivity contribution in [2.75, 3.05) is 10.6 Å². The first-order valence-electron chi connectivity index (χ1n) is 7.61. The molecule has 0 aliphatic rings. The van der Waals surface area contributed by atoms with Crippen molar-refractivity contribution in [2.45, 2.75) is 6.54 Å².